The van der Waals surface area contributed by atoms with Crippen LogP contribution in [-0.2, 0) is 26.5 Å². The monoisotopic (exact) mass is 282 g/mol. The summed E-state index contributed by atoms with van der Waals surface area (Å²) in [5.41, 5.74) is 1.60. The smallest absolute Gasteiger partial charge is 0.312 e. The van der Waals surface area contributed by atoms with Crippen molar-refractivity contribution >= 4 is 5.97 Å². The van der Waals surface area contributed by atoms with E-state index in [0.717, 1.165) is 11.1 Å². The number of carbonyl (C=O) groups excluding carboxylic acids is 1. The molecule has 0 bridgehead atoms. The molecule has 0 spiro atoms. The van der Waals surface area contributed by atoms with E-state index in [1.165, 1.54) is 7.11 Å². The van der Waals surface area contributed by atoms with Gasteiger partial charge < -0.3 is 9.47 Å². The summed E-state index contributed by atoms with van der Waals surface area (Å²) in [7, 11) is 1.42. The second kappa shape index (κ2) is 5.70. The van der Waals surface area contributed by atoms with Crippen LogP contribution in [0, 0.1) is 5.92 Å². The van der Waals surface area contributed by atoms with Crippen molar-refractivity contribution in [2.24, 2.45) is 5.92 Å². The fourth-order valence-corrected chi connectivity index (χ4v) is 2.73. The first-order valence-corrected chi connectivity index (χ1v) is 7.07. The summed E-state index contributed by atoms with van der Waals surface area (Å²) in [6.07, 6.45) is 0.677. The molecule has 0 aromatic heterocycles. The van der Waals surface area contributed by atoms with Crippen molar-refractivity contribution in [1.29, 1.82) is 0 Å². The maximum Gasteiger partial charge on any atom is 0.312 e. The van der Waals surface area contributed by atoms with Gasteiger partial charge in [-0.1, -0.05) is 60.7 Å². The van der Waals surface area contributed by atoms with E-state index in [1.807, 2.05) is 60.7 Å². The van der Waals surface area contributed by atoms with Gasteiger partial charge in [0.1, 0.15) is 5.60 Å². The third-order valence-electron chi connectivity index (χ3n) is 4.00. The lowest BCUT2D eigenvalue weighted by atomic mass is 10.1. The van der Waals surface area contributed by atoms with Gasteiger partial charge in [0, 0.05) is 0 Å². The maximum absolute atomic E-state index is 11.9. The first-order chi connectivity index (χ1) is 10.3. The fourth-order valence-electron chi connectivity index (χ4n) is 2.73. The minimum atomic E-state index is -0.538. The molecule has 2 atom stereocenters. The molecule has 0 amide bonds. The summed E-state index contributed by atoms with van der Waals surface area (Å²) >= 11 is 0. The Hall–Kier alpha value is -2.13. The van der Waals surface area contributed by atoms with Crippen molar-refractivity contribution in [2.75, 3.05) is 7.11 Å². The van der Waals surface area contributed by atoms with Crippen LogP contribution in [0.3, 0.4) is 0 Å². The van der Waals surface area contributed by atoms with Crippen LogP contribution >= 0.6 is 0 Å². The van der Waals surface area contributed by atoms with Gasteiger partial charge in [-0.25, -0.2) is 0 Å². The zero-order valence-electron chi connectivity index (χ0n) is 12.0. The van der Waals surface area contributed by atoms with E-state index in [9.17, 15) is 4.79 Å². The second-order valence-corrected chi connectivity index (χ2v) is 5.31. The molecule has 2 aromatic carbocycles. The molecule has 0 aliphatic heterocycles. The summed E-state index contributed by atoms with van der Waals surface area (Å²) in [5, 5.41) is 0. The summed E-state index contributed by atoms with van der Waals surface area (Å²) < 4.78 is 11.0. The molecule has 1 fully saturated rings. The molecular formula is C18H18O3. The average Bonchev–Trinajstić information content (AvgIpc) is 3.30. The van der Waals surface area contributed by atoms with Gasteiger partial charge in [-0.3, -0.25) is 4.79 Å². The number of ether oxygens (including phenoxy) is 2. The van der Waals surface area contributed by atoms with Crippen LogP contribution in [0.5, 0.6) is 0 Å². The topological polar surface area (TPSA) is 35.5 Å². The van der Waals surface area contributed by atoms with E-state index in [0.29, 0.717) is 13.0 Å². The number of hydrogen-bond acceptors (Lipinski definition) is 3. The van der Waals surface area contributed by atoms with Crippen LogP contribution in [0.25, 0.3) is 0 Å². The van der Waals surface area contributed by atoms with Crippen molar-refractivity contribution in [1.82, 2.24) is 0 Å². The Morgan fingerprint density at radius 1 is 1.10 bits per heavy atom. The predicted octanol–water partition coefficient (Wildman–Crippen LogP) is 3.29. The lowest BCUT2D eigenvalue weighted by molar-refractivity contribution is -0.145. The fraction of sp³-hybridized carbons (Fsp3) is 0.278. The minimum absolute atomic E-state index is 0.202. The summed E-state index contributed by atoms with van der Waals surface area (Å²) in [6, 6.07) is 19.9. The molecule has 0 heterocycles. The zero-order valence-corrected chi connectivity index (χ0v) is 12.0. The molecule has 108 valence electrons. The number of hydrogen-bond donors (Lipinski definition) is 0. The lowest BCUT2D eigenvalue weighted by Crippen LogP contribution is -2.20. The number of esters is 1. The molecule has 0 radical (unpaired) electrons. The van der Waals surface area contributed by atoms with Crippen LogP contribution in [0.1, 0.15) is 17.5 Å². The third-order valence-corrected chi connectivity index (χ3v) is 4.00. The molecule has 3 nitrogen and oxygen atoms in total. The van der Waals surface area contributed by atoms with Crippen LogP contribution in [0.2, 0.25) is 0 Å². The maximum atomic E-state index is 11.9. The zero-order chi connectivity index (χ0) is 14.7. The molecule has 1 saturated carbocycles. The Kier molecular flexibility index (Phi) is 3.76. The number of methoxy groups -OCH3 is 1. The third kappa shape index (κ3) is 2.69. The highest BCUT2D eigenvalue weighted by Gasteiger charge is 2.61. The van der Waals surface area contributed by atoms with Gasteiger partial charge in [0.05, 0.1) is 19.6 Å². The van der Waals surface area contributed by atoms with Crippen LogP contribution in [-0.4, -0.2) is 13.1 Å². The molecule has 0 N–H and O–H groups in total. The Bertz CT molecular complexity index is 609. The molecule has 3 heteroatoms. The summed E-state index contributed by atoms with van der Waals surface area (Å²) in [4.78, 5) is 11.9. The van der Waals surface area contributed by atoms with Gasteiger partial charge in [0.2, 0.25) is 0 Å². The van der Waals surface area contributed by atoms with Crippen molar-refractivity contribution in [3.8, 4) is 0 Å². The van der Waals surface area contributed by atoms with Gasteiger partial charge >= 0.3 is 5.97 Å². The van der Waals surface area contributed by atoms with E-state index in [1.54, 1.807) is 0 Å². The highest BCUT2D eigenvalue weighted by molar-refractivity contribution is 5.78. The normalized spacial score (nSPS) is 23.6. The molecule has 21 heavy (non-hydrogen) atoms. The number of benzene rings is 2. The minimum Gasteiger partial charge on any atom is -0.469 e. The largest absolute Gasteiger partial charge is 0.469 e. The first-order valence-electron chi connectivity index (χ1n) is 7.07. The van der Waals surface area contributed by atoms with Crippen molar-refractivity contribution in [3.05, 3.63) is 71.8 Å². The molecule has 0 unspecified atom stereocenters. The summed E-state index contributed by atoms with van der Waals surface area (Å²) in [6.45, 7) is 0.489. The highest BCUT2D eigenvalue weighted by Crippen LogP contribution is 2.56. The van der Waals surface area contributed by atoms with Crippen LogP contribution < -0.4 is 0 Å². The van der Waals surface area contributed by atoms with Crippen molar-refractivity contribution < 1.29 is 14.3 Å². The molecule has 3 rings (SSSR count). The van der Waals surface area contributed by atoms with Gasteiger partial charge in [-0.05, 0) is 17.5 Å². The summed E-state index contributed by atoms with van der Waals surface area (Å²) in [5.74, 6) is -0.416. The number of carbonyl (C=O) groups is 1. The van der Waals surface area contributed by atoms with Gasteiger partial charge in [0.15, 0.2) is 0 Å². The SMILES string of the molecule is COC(=O)[C@H]1C[C@]1(OCc1ccccc1)c1ccccc1. The van der Waals surface area contributed by atoms with Gasteiger partial charge in [0.25, 0.3) is 0 Å². The highest BCUT2D eigenvalue weighted by atomic mass is 16.5. The Morgan fingerprint density at radius 3 is 2.33 bits per heavy atom. The Labute approximate surface area is 124 Å². The van der Waals surface area contributed by atoms with E-state index < -0.39 is 5.60 Å². The second-order valence-electron chi connectivity index (χ2n) is 5.31. The van der Waals surface area contributed by atoms with E-state index >= 15 is 0 Å². The standard InChI is InChI=1S/C18H18O3/c1-20-17(19)16-12-18(16,15-10-6-3-7-11-15)21-13-14-8-4-2-5-9-14/h2-11,16H,12-13H2,1H3/t16-,18+/m1/s1. The van der Waals surface area contributed by atoms with Crippen molar-refractivity contribution in [2.45, 2.75) is 18.6 Å². The molecule has 0 saturated heterocycles. The average molecular weight is 282 g/mol. The van der Waals surface area contributed by atoms with Gasteiger partial charge in [-0.15, -0.1) is 0 Å². The van der Waals surface area contributed by atoms with E-state index in [-0.39, 0.29) is 11.9 Å². The van der Waals surface area contributed by atoms with E-state index in [2.05, 4.69) is 0 Å². The molecule has 2 aromatic rings. The molecule has 1 aliphatic rings. The molecule has 1 aliphatic carbocycles. The quantitative estimate of drug-likeness (QED) is 0.789. The van der Waals surface area contributed by atoms with Crippen LogP contribution in [0.4, 0.5) is 0 Å². The predicted molar refractivity (Wildman–Crippen MR) is 79.5 cm³/mol. The van der Waals surface area contributed by atoms with E-state index in [4.69, 9.17) is 9.47 Å². The van der Waals surface area contributed by atoms with Crippen LogP contribution in [0.15, 0.2) is 60.7 Å². The Morgan fingerprint density at radius 2 is 1.71 bits per heavy atom. The lowest BCUT2D eigenvalue weighted by Gasteiger charge is -2.19. The first kappa shape index (κ1) is 13.8. The van der Waals surface area contributed by atoms with Crippen molar-refractivity contribution in [3.63, 3.8) is 0 Å². The molecular weight excluding hydrogens is 264 g/mol. The Balaban J connectivity index is 1.80. The van der Waals surface area contributed by atoms with Gasteiger partial charge in [-0.2, -0.15) is 0 Å². The number of rotatable bonds is 5.